The van der Waals surface area contributed by atoms with Crippen molar-refractivity contribution in [2.45, 2.75) is 0 Å². The van der Waals surface area contributed by atoms with Crippen LogP contribution in [0.5, 0.6) is 0 Å². The molecule has 4 heteroatoms. The minimum atomic E-state index is 1.27. The van der Waals surface area contributed by atoms with E-state index >= 15 is 0 Å². The Balaban J connectivity index is 1.13. The summed E-state index contributed by atoms with van der Waals surface area (Å²) >= 11 is 7.42. The van der Waals surface area contributed by atoms with E-state index in [1.807, 2.05) is 45.3 Å². The Morgan fingerprint density at radius 2 is 0.741 bits per heavy atom. The van der Waals surface area contributed by atoms with Gasteiger partial charge in [0.05, 0.1) is 0 Å². The van der Waals surface area contributed by atoms with Gasteiger partial charge < -0.3 is 0 Å². The van der Waals surface area contributed by atoms with Crippen molar-refractivity contribution in [1.29, 1.82) is 0 Å². The van der Waals surface area contributed by atoms with Crippen molar-refractivity contribution in [3.63, 3.8) is 0 Å². The van der Waals surface area contributed by atoms with Crippen molar-refractivity contribution in [2.24, 2.45) is 0 Å². The molecule has 0 saturated carbocycles. The smallest absolute Gasteiger partial charge is 0.0355 e. The lowest BCUT2D eigenvalue weighted by Crippen LogP contribution is -1.89. The molecule has 13 rings (SSSR count). The van der Waals surface area contributed by atoms with Gasteiger partial charge in [0.1, 0.15) is 0 Å². The van der Waals surface area contributed by atoms with Gasteiger partial charge in [0.15, 0.2) is 0 Å². The van der Waals surface area contributed by atoms with Crippen molar-refractivity contribution >= 4 is 149 Å². The summed E-state index contributed by atoms with van der Waals surface area (Å²) in [7, 11) is 0. The molecule has 0 fully saturated rings. The van der Waals surface area contributed by atoms with Crippen LogP contribution in [0.4, 0.5) is 0 Å². The maximum atomic E-state index is 2.49. The van der Waals surface area contributed by atoms with Gasteiger partial charge in [-0.3, -0.25) is 0 Å². The second-order valence-corrected chi connectivity index (χ2v) is 18.5. The third kappa shape index (κ3) is 4.22. The molecular weight excluding hydrogens is 729 g/mol. The second-order valence-electron chi connectivity index (χ2n) is 14.5. The van der Waals surface area contributed by atoms with Gasteiger partial charge >= 0.3 is 0 Å². The fraction of sp³-hybridized carbons (Fsp3) is 0. The molecule has 0 saturated heterocycles. The Hall–Kier alpha value is -5.62. The van der Waals surface area contributed by atoms with Crippen LogP contribution in [0.25, 0.3) is 126 Å². The van der Waals surface area contributed by atoms with Gasteiger partial charge in [0.2, 0.25) is 0 Å². The zero-order chi connectivity index (χ0) is 35.1. The number of benzene rings is 9. The first-order valence-electron chi connectivity index (χ1n) is 18.2. The molecule has 0 nitrogen and oxygen atoms in total. The highest BCUT2D eigenvalue weighted by atomic mass is 32.1. The Morgan fingerprint density at radius 3 is 1.26 bits per heavy atom. The van der Waals surface area contributed by atoms with Gasteiger partial charge in [0.25, 0.3) is 0 Å². The highest BCUT2D eigenvalue weighted by Gasteiger charge is 2.17. The van der Waals surface area contributed by atoms with Crippen LogP contribution in [0.2, 0.25) is 0 Å². The summed E-state index contributed by atoms with van der Waals surface area (Å²) in [4.78, 5) is 0. The molecular formula is C50H26S4. The molecule has 0 radical (unpaired) electrons. The molecule has 0 N–H and O–H groups in total. The molecule has 250 valence electrons. The SMILES string of the molecule is c1ccc2c(c1)sc1ccc(-c3cc4cc5cc(-c6ccc7sc8ccccc8c7c6)c6cc7ccsc7cc6c5cc4c4cc5sccc5cc34)cc12. The van der Waals surface area contributed by atoms with Crippen LogP contribution in [0.1, 0.15) is 0 Å². The van der Waals surface area contributed by atoms with Gasteiger partial charge in [-0.25, -0.2) is 0 Å². The summed E-state index contributed by atoms with van der Waals surface area (Å²) in [6.45, 7) is 0. The lowest BCUT2D eigenvalue weighted by molar-refractivity contribution is 1.74. The second kappa shape index (κ2) is 11.0. The summed E-state index contributed by atoms with van der Waals surface area (Å²) < 4.78 is 8.02. The fourth-order valence-corrected chi connectivity index (χ4v) is 12.8. The Bertz CT molecular complexity index is 3490. The lowest BCUT2D eigenvalue weighted by atomic mass is 9.88. The van der Waals surface area contributed by atoms with Crippen LogP contribution in [0.15, 0.2) is 156 Å². The minimum Gasteiger partial charge on any atom is -0.144 e. The molecule has 0 aliphatic heterocycles. The highest BCUT2D eigenvalue weighted by molar-refractivity contribution is 7.26. The van der Waals surface area contributed by atoms with E-state index in [4.69, 9.17) is 0 Å². The number of fused-ring (bicyclic) bond motifs is 14. The van der Waals surface area contributed by atoms with Crippen LogP contribution < -0.4 is 0 Å². The Kier molecular flexibility index (Phi) is 6.05. The van der Waals surface area contributed by atoms with E-state index in [2.05, 4.69) is 156 Å². The summed E-state index contributed by atoms with van der Waals surface area (Å²) in [5.41, 5.74) is 5.11. The third-order valence-electron chi connectivity index (χ3n) is 11.5. The first-order chi connectivity index (χ1) is 26.7. The Labute approximate surface area is 325 Å². The standard InChI is InChI=1S/C50H26S4/c1-3-7-45-33(5-1)43-18-27(9-11-47(43)53-45)35-22-31-17-32-23-36(28-10-12-48-44(19-28)34-6-2-4-8-46(34)54-48)40-21-30-14-16-52-50(30)26-42(40)38(32)24-37(31)41-25-49-29(13-15-51-49)20-39(35)41/h1-26H. The van der Waals surface area contributed by atoms with Gasteiger partial charge in [-0.1, -0.05) is 48.5 Å². The number of hydrogen-bond donors (Lipinski definition) is 0. The van der Waals surface area contributed by atoms with Crippen molar-refractivity contribution in [1.82, 2.24) is 0 Å². The van der Waals surface area contributed by atoms with Crippen LogP contribution >= 0.6 is 45.3 Å². The van der Waals surface area contributed by atoms with E-state index in [1.165, 1.54) is 126 Å². The molecule has 0 bridgehead atoms. The number of thiophene rings is 4. The van der Waals surface area contributed by atoms with Gasteiger partial charge in [-0.2, -0.15) is 0 Å². The maximum Gasteiger partial charge on any atom is 0.0355 e. The number of rotatable bonds is 2. The van der Waals surface area contributed by atoms with Crippen molar-refractivity contribution < 1.29 is 0 Å². The first kappa shape index (κ1) is 29.8. The molecule has 0 aliphatic carbocycles. The fourth-order valence-electron chi connectivity index (χ4n) is 8.98. The molecule has 0 unspecified atom stereocenters. The van der Waals surface area contributed by atoms with E-state index in [0.717, 1.165) is 0 Å². The average molecular weight is 755 g/mol. The summed E-state index contributed by atoms with van der Waals surface area (Å²) in [6.07, 6.45) is 0. The molecule has 0 amide bonds. The molecule has 0 aliphatic rings. The van der Waals surface area contributed by atoms with E-state index in [0.29, 0.717) is 0 Å². The van der Waals surface area contributed by atoms with Crippen LogP contribution in [-0.4, -0.2) is 0 Å². The van der Waals surface area contributed by atoms with Gasteiger partial charge in [0, 0.05) is 49.7 Å². The van der Waals surface area contributed by atoms with E-state index in [1.54, 1.807) is 0 Å². The maximum absolute atomic E-state index is 2.49. The largest absolute Gasteiger partial charge is 0.144 e. The van der Waals surface area contributed by atoms with Crippen molar-refractivity contribution in [2.75, 3.05) is 0 Å². The van der Waals surface area contributed by atoms with Crippen molar-refractivity contribution in [3.8, 4) is 22.3 Å². The first-order valence-corrected chi connectivity index (χ1v) is 21.6. The zero-order valence-corrected chi connectivity index (χ0v) is 31.9. The van der Waals surface area contributed by atoms with Gasteiger partial charge in [-0.15, -0.1) is 45.3 Å². The van der Waals surface area contributed by atoms with E-state index in [9.17, 15) is 0 Å². The molecule has 4 heterocycles. The predicted molar refractivity (Wildman–Crippen MR) is 244 cm³/mol. The molecule has 0 spiro atoms. The van der Waals surface area contributed by atoms with Crippen LogP contribution in [0, 0.1) is 0 Å². The highest BCUT2D eigenvalue weighted by Crippen LogP contribution is 2.46. The third-order valence-corrected chi connectivity index (χ3v) is 15.6. The molecule has 54 heavy (non-hydrogen) atoms. The molecule has 9 aromatic carbocycles. The summed E-state index contributed by atoms with van der Waals surface area (Å²) in [6, 6.07) is 55.9. The average Bonchev–Trinajstić information content (AvgIpc) is 4.02. The quantitative estimate of drug-likeness (QED) is 0.122. The Morgan fingerprint density at radius 1 is 0.259 bits per heavy atom. The van der Waals surface area contributed by atoms with Crippen LogP contribution in [-0.2, 0) is 0 Å². The van der Waals surface area contributed by atoms with Crippen molar-refractivity contribution in [3.05, 3.63) is 156 Å². The topological polar surface area (TPSA) is 0 Å². The molecule has 4 aromatic heterocycles. The lowest BCUT2D eigenvalue weighted by Gasteiger charge is -2.16. The number of hydrogen-bond acceptors (Lipinski definition) is 4. The minimum absolute atomic E-state index is 1.27. The monoisotopic (exact) mass is 754 g/mol. The van der Waals surface area contributed by atoms with E-state index < -0.39 is 0 Å². The summed E-state index contributed by atoms with van der Waals surface area (Å²) in [5, 5.41) is 22.8. The van der Waals surface area contributed by atoms with E-state index in [-0.39, 0.29) is 0 Å². The van der Waals surface area contributed by atoms with Gasteiger partial charge in [-0.05, 0) is 184 Å². The predicted octanol–water partition coefficient (Wildman–Crippen LogP) is 16.8. The normalized spacial score (nSPS) is 12.4. The summed E-state index contributed by atoms with van der Waals surface area (Å²) in [5.74, 6) is 0. The molecule has 13 aromatic rings. The zero-order valence-electron chi connectivity index (χ0n) is 28.6. The molecule has 0 atom stereocenters. The van der Waals surface area contributed by atoms with Crippen LogP contribution in [0.3, 0.4) is 0 Å².